The fourth-order valence-corrected chi connectivity index (χ4v) is 3.13. The van der Waals surface area contributed by atoms with Crippen LogP contribution in [0, 0.1) is 5.92 Å². The van der Waals surface area contributed by atoms with Crippen LogP contribution in [0.5, 0.6) is 0 Å². The van der Waals surface area contributed by atoms with Crippen molar-refractivity contribution in [3.8, 4) is 0 Å². The zero-order chi connectivity index (χ0) is 6.97. The maximum Gasteiger partial charge on any atom is 0.0472 e. The summed E-state index contributed by atoms with van der Waals surface area (Å²) >= 11 is 2.02. The van der Waals surface area contributed by atoms with Crippen LogP contribution in [0.1, 0.15) is 6.42 Å². The maximum absolute atomic E-state index is 8.89. The van der Waals surface area contributed by atoms with Gasteiger partial charge >= 0.3 is 0 Å². The molecule has 2 saturated heterocycles. The van der Waals surface area contributed by atoms with E-state index in [-0.39, 0.29) is 0 Å². The second-order valence-electron chi connectivity index (χ2n) is 3.21. The Balaban J connectivity index is 1.94. The Hall–Kier alpha value is 0.270. The number of aliphatic hydroxyl groups excluding tert-OH is 1. The highest BCUT2D eigenvalue weighted by atomic mass is 32.2. The highest BCUT2D eigenvalue weighted by Gasteiger charge is 2.34. The fraction of sp³-hybridized carbons (Fsp3) is 1.00. The first-order chi connectivity index (χ1) is 4.90. The normalized spacial score (nSPS) is 40.5. The van der Waals surface area contributed by atoms with Gasteiger partial charge in [0.05, 0.1) is 0 Å². The van der Waals surface area contributed by atoms with Gasteiger partial charge in [-0.15, -0.1) is 11.8 Å². The molecule has 3 heteroatoms. The molecule has 2 rings (SSSR count). The van der Waals surface area contributed by atoms with E-state index in [0.717, 1.165) is 12.6 Å². The second-order valence-corrected chi connectivity index (χ2v) is 4.21. The maximum atomic E-state index is 8.89. The molecule has 0 unspecified atom stereocenters. The van der Waals surface area contributed by atoms with Crippen LogP contribution >= 0.6 is 11.8 Å². The van der Waals surface area contributed by atoms with Gasteiger partial charge in [-0.2, -0.15) is 0 Å². The Morgan fingerprint density at radius 1 is 1.60 bits per heavy atom. The Bertz CT molecular complexity index is 119. The Morgan fingerprint density at radius 3 is 3.20 bits per heavy atom. The summed E-state index contributed by atoms with van der Waals surface area (Å²) in [5, 5.41) is 8.89. The Morgan fingerprint density at radius 2 is 2.50 bits per heavy atom. The van der Waals surface area contributed by atoms with Crippen LogP contribution in [-0.2, 0) is 0 Å². The standard InChI is InChI=1S/C7H13NOS/c9-3-6-1-7-4-10-5-8(7)2-6/h6-7,9H,1-5H2/t6-,7-/m0/s1. The number of hydrogen-bond donors (Lipinski definition) is 1. The van der Waals surface area contributed by atoms with E-state index < -0.39 is 0 Å². The van der Waals surface area contributed by atoms with Crippen molar-refractivity contribution >= 4 is 11.8 Å². The molecule has 0 bridgehead atoms. The number of rotatable bonds is 1. The summed E-state index contributed by atoms with van der Waals surface area (Å²) in [6, 6.07) is 0.794. The summed E-state index contributed by atoms with van der Waals surface area (Å²) in [5.74, 6) is 3.06. The van der Waals surface area contributed by atoms with Gasteiger partial charge in [-0.3, -0.25) is 4.90 Å². The molecule has 0 aromatic rings. The summed E-state index contributed by atoms with van der Waals surface area (Å²) in [5.41, 5.74) is 0. The number of fused-ring (bicyclic) bond motifs is 1. The molecule has 0 spiro atoms. The molecular weight excluding hydrogens is 146 g/mol. The lowest BCUT2D eigenvalue weighted by molar-refractivity contribution is 0.227. The SMILES string of the molecule is OC[C@H]1C[C@H]2CSCN2C1. The van der Waals surface area contributed by atoms with Crippen LogP contribution in [0.15, 0.2) is 0 Å². The first-order valence-corrected chi connectivity index (χ1v) is 4.98. The van der Waals surface area contributed by atoms with E-state index in [2.05, 4.69) is 4.90 Å². The summed E-state index contributed by atoms with van der Waals surface area (Å²) in [4.78, 5) is 2.49. The van der Waals surface area contributed by atoms with Gasteiger partial charge in [0.2, 0.25) is 0 Å². The summed E-state index contributed by atoms with van der Waals surface area (Å²) in [7, 11) is 0. The molecule has 58 valence electrons. The number of thioether (sulfide) groups is 1. The van der Waals surface area contributed by atoms with E-state index in [0.29, 0.717) is 12.5 Å². The third-order valence-electron chi connectivity index (χ3n) is 2.44. The average Bonchev–Trinajstić information content (AvgIpc) is 2.42. The molecule has 2 heterocycles. The van der Waals surface area contributed by atoms with Crippen molar-refractivity contribution in [1.82, 2.24) is 4.90 Å². The summed E-state index contributed by atoms with van der Waals surface area (Å²) < 4.78 is 0. The number of hydrogen-bond acceptors (Lipinski definition) is 3. The van der Waals surface area contributed by atoms with E-state index >= 15 is 0 Å². The molecule has 0 aromatic carbocycles. The van der Waals surface area contributed by atoms with Gasteiger partial charge < -0.3 is 5.11 Å². The molecule has 2 aliphatic heterocycles. The van der Waals surface area contributed by atoms with Crippen molar-refractivity contribution in [2.24, 2.45) is 5.92 Å². The van der Waals surface area contributed by atoms with E-state index in [1.54, 1.807) is 0 Å². The first kappa shape index (κ1) is 6.95. The number of nitrogens with zero attached hydrogens (tertiary/aromatic N) is 1. The molecule has 1 N–H and O–H groups in total. The third kappa shape index (κ3) is 1.06. The number of aliphatic hydroxyl groups is 1. The minimum Gasteiger partial charge on any atom is -0.396 e. The molecule has 2 nitrogen and oxygen atoms in total. The zero-order valence-electron chi connectivity index (χ0n) is 5.99. The van der Waals surface area contributed by atoms with Crippen molar-refractivity contribution < 1.29 is 5.11 Å². The molecular formula is C7H13NOS. The molecule has 0 aromatic heterocycles. The molecule has 0 aliphatic carbocycles. The van der Waals surface area contributed by atoms with Gasteiger partial charge in [0, 0.05) is 30.8 Å². The van der Waals surface area contributed by atoms with Gasteiger partial charge in [0.15, 0.2) is 0 Å². The zero-order valence-corrected chi connectivity index (χ0v) is 6.81. The summed E-state index contributed by atoms with van der Waals surface area (Å²) in [6.07, 6.45) is 1.23. The lowest BCUT2D eigenvalue weighted by atomic mass is 10.1. The molecule has 0 saturated carbocycles. The van der Waals surface area contributed by atoms with Crippen molar-refractivity contribution in [1.29, 1.82) is 0 Å². The van der Waals surface area contributed by atoms with Crippen LogP contribution in [0.3, 0.4) is 0 Å². The van der Waals surface area contributed by atoms with Crippen LogP contribution in [0.4, 0.5) is 0 Å². The molecule has 0 amide bonds. The minimum atomic E-state index is 0.387. The van der Waals surface area contributed by atoms with Crippen LogP contribution in [0.25, 0.3) is 0 Å². The van der Waals surface area contributed by atoms with Crippen LogP contribution in [-0.4, -0.2) is 40.8 Å². The molecule has 0 radical (unpaired) electrons. The minimum absolute atomic E-state index is 0.387. The second kappa shape index (κ2) is 2.72. The topological polar surface area (TPSA) is 23.5 Å². The first-order valence-electron chi connectivity index (χ1n) is 3.83. The quantitative estimate of drug-likeness (QED) is 0.598. The van der Waals surface area contributed by atoms with Crippen LogP contribution < -0.4 is 0 Å². The van der Waals surface area contributed by atoms with Crippen molar-refractivity contribution in [3.05, 3.63) is 0 Å². The lowest BCUT2D eigenvalue weighted by Crippen LogP contribution is -2.23. The largest absolute Gasteiger partial charge is 0.396 e. The van der Waals surface area contributed by atoms with Crippen molar-refractivity contribution in [3.63, 3.8) is 0 Å². The lowest BCUT2D eigenvalue weighted by Gasteiger charge is -2.11. The average molecular weight is 159 g/mol. The highest BCUT2D eigenvalue weighted by Crippen LogP contribution is 2.32. The summed E-state index contributed by atoms with van der Waals surface area (Å²) in [6.45, 7) is 1.52. The van der Waals surface area contributed by atoms with Crippen LogP contribution in [0.2, 0.25) is 0 Å². The molecule has 2 fully saturated rings. The van der Waals surface area contributed by atoms with Crippen molar-refractivity contribution in [2.75, 3.05) is 24.8 Å². The molecule has 10 heavy (non-hydrogen) atoms. The Kier molecular flexibility index (Phi) is 1.89. The van der Waals surface area contributed by atoms with Crippen molar-refractivity contribution in [2.45, 2.75) is 12.5 Å². The van der Waals surface area contributed by atoms with Gasteiger partial charge in [0.1, 0.15) is 0 Å². The van der Waals surface area contributed by atoms with E-state index in [1.165, 1.54) is 18.1 Å². The van der Waals surface area contributed by atoms with Gasteiger partial charge in [-0.25, -0.2) is 0 Å². The monoisotopic (exact) mass is 159 g/mol. The van der Waals surface area contributed by atoms with Gasteiger partial charge in [-0.05, 0) is 12.3 Å². The predicted octanol–water partition coefficient (Wildman–Crippen LogP) is 0.373. The van der Waals surface area contributed by atoms with E-state index in [1.807, 2.05) is 11.8 Å². The highest BCUT2D eigenvalue weighted by molar-refractivity contribution is 7.99. The fourth-order valence-electron chi connectivity index (χ4n) is 1.86. The van der Waals surface area contributed by atoms with Gasteiger partial charge in [-0.1, -0.05) is 0 Å². The Labute approximate surface area is 65.6 Å². The predicted molar refractivity (Wildman–Crippen MR) is 43.0 cm³/mol. The molecule has 2 aliphatic rings. The smallest absolute Gasteiger partial charge is 0.0472 e. The molecule has 2 atom stereocenters. The van der Waals surface area contributed by atoms with Gasteiger partial charge in [0.25, 0.3) is 0 Å². The van der Waals surface area contributed by atoms with E-state index in [4.69, 9.17) is 5.11 Å². The van der Waals surface area contributed by atoms with E-state index in [9.17, 15) is 0 Å². The third-order valence-corrected chi connectivity index (χ3v) is 3.57.